The van der Waals surface area contributed by atoms with Gasteiger partial charge in [-0.15, -0.1) is 0 Å². The number of benzene rings is 1. The summed E-state index contributed by atoms with van der Waals surface area (Å²) in [6, 6.07) is 9.65. The van der Waals surface area contributed by atoms with Crippen LogP contribution in [0.4, 0.5) is 0 Å². The summed E-state index contributed by atoms with van der Waals surface area (Å²) in [5.74, 6) is 0.657. The van der Waals surface area contributed by atoms with Crippen molar-refractivity contribution in [2.45, 2.75) is 38.1 Å². The lowest BCUT2D eigenvalue weighted by Gasteiger charge is -2.51. The molecule has 1 spiro atoms. The Hall–Kier alpha value is -0.380. The summed E-state index contributed by atoms with van der Waals surface area (Å²) < 4.78 is 1.21. The maximum atomic E-state index is 3.63. The summed E-state index contributed by atoms with van der Waals surface area (Å²) >= 11 is 3.63. The van der Waals surface area contributed by atoms with Gasteiger partial charge in [-0.3, -0.25) is 0 Å². The molecular formula is C17H25BrN2. The summed E-state index contributed by atoms with van der Waals surface area (Å²) in [7, 11) is 2.27. The van der Waals surface area contributed by atoms with Crippen molar-refractivity contribution in [3.05, 3.63) is 34.3 Å². The molecule has 3 heteroatoms. The summed E-state index contributed by atoms with van der Waals surface area (Å²) in [6.07, 6.45) is 4.00. The van der Waals surface area contributed by atoms with Crippen LogP contribution in [0.25, 0.3) is 0 Å². The predicted molar refractivity (Wildman–Crippen MR) is 88.1 cm³/mol. The van der Waals surface area contributed by atoms with Crippen molar-refractivity contribution in [3.8, 4) is 0 Å². The largest absolute Gasteiger partial charge is 0.316 e. The first-order chi connectivity index (χ1) is 9.61. The summed E-state index contributed by atoms with van der Waals surface area (Å²) in [4.78, 5) is 2.52. The van der Waals surface area contributed by atoms with E-state index in [-0.39, 0.29) is 0 Å². The first-order valence-electron chi connectivity index (χ1n) is 7.77. The molecule has 0 bridgehead atoms. The Bertz CT molecular complexity index is 476. The van der Waals surface area contributed by atoms with E-state index >= 15 is 0 Å². The molecule has 0 aliphatic carbocycles. The molecule has 0 radical (unpaired) electrons. The Kier molecular flexibility index (Phi) is 4.21. The molecule has 3 unspecified atom stereocenters. The van der Waals surface area contributed by atoms with Crippen molar-refractivity contribution >= 4 is 15.9 Å². The van der Waals surface area contributed by atoms with Crippen LogP contribution in [0.5, 0.6) is 0 Å². The zero-order valence-electron chi connectivity index (χ0n) is 12.5. The number of rotatable bonds is 1. The number of halogens is 1. The Morgan fingerprint density at radius 2 is 2.20 bits per heavy atom. The minimum absolute atomic E-state index is 0.498. The molecule has 2 aliphatic rings. The lowest BCUT2D eigenvalue weighted by atomic mass is 9.61. The molecule has 0 saturated carbocycles. The molecule has 110 valence electrons. The van der Waals surface area contributed by atoms with Crippen molar-refractivity contribution in [2.24, 2.45) is 5.41 Å². The van der Waals surface area contributed by atoms with Gasteiger partial charge in [0.15, 0.2) is 0 Å². The predicted octanol–water partition coefficient (Wildman–Crippen LogP) is 3.63. The maximum Gasteiger partial charge on any atom is 0.0178 e. The van der Waals surface area contributed by atoms with E-state index in [2.05, 4.69) is 64.4 Å². The molecule has 3 atom stereocenters. The summed E-state index contributed by atoms with van der Waals surface area (Å²) in [5, 5.41) is 3.62. The van der Waals surface area contributed by atoms with Crippen LogP contribution in [0.1, 0.15) is 37.7 Å². The minimum atomic E-state index is 0.498. The van der Waals surface area contributed by atoms with Crippen LogP contribution in [-0.2, 0) is 0 Å². The quantitative estimate of drug-likeness (QED) is 0.842. The molecule has 1 aromatic rings. The van der Waals surface area contributed by atoms with Gasteiger partial charge >= 0.3 is 0 Å². The topological polar surface area (TPSA) is 15.3 Å². The highest BCUT2D eigenvalue weighted by Crippen LogP contribution is 2.49. The Balaban J connectivity index is 1.91. The van der Waals surface area contributed by atoms with Crippen molar-refractivity contribution in [3.63, 3.8) is 0 Å². The summed E-state index contributed by atoms with van der Waals surface area (Å²) in [5.41, 5.74) is 2.00. The fourth-order valence-corrected chi connectivity index (χ4v) is 4.60. The Labute approximate surface area is 131 Å². The Morgan fingerprint density at radius 3 is 2.95 bits per heavy atom. The first kappa shape index (κ1) is 14.6. The van der Waals surface area contributed by atoms with Crippen LogP contribution in [0.2, 0.25) is 0 Å². The second-order valence-corrected chi connectivity index (χ2v) is 7.62. The molecule has 1 N–H and O–H groups in total. The van der Waals surface area contributed by atoms with Crippen LogP contribution >= 0.6 is 15.9 Å². The molecule has 2 fully saturated rings. The molecule has 3 rings (SSSR count). The number of likely N-dealkylation sites (tertiary alicyclic amines) is 1. The number of hydrogen-bond donors (Lipinski definition) is 1. The van der Waals surface area contributed by atoms with Crippen molar-refractivity contribution < 1.29 is 0 Å². The van der Waals surface area contributed by atoms with Crippen LogP contribution in [0, 0.1) is 5.41 Å². The zero-order chi connectivity index (χ0) is 14.2. The SMILES string of the molecule is CC1CC2(CCNCC2c2cccc(Br)c2)CCN1C. The van der Waals surface area contributed by atoms with E-state index in [9.17, 15) is 0 Å². The average molecular weight is 337 g/mol. The second-order valence-electron chi connectivity index (χ2n) is 6.71. The smallest absolute Gasteiger partial charge is 0.0178 e. The average Bonchev–Trinajstić information content (AvgIpc) is 2.44. The van der Waals surface area contributed by atoms with Crippen molar-refractivity contribution in [1.29, 1.82) is 0 Å². The maximum absolute atomic E-state index is 3.63. The number of nitrogens with one attached hydrogen (secondary N) is 1. The van der Waals surface area contributed by atoms with Gasteiger partial charge in [-0.05, 0) is 69.4 Å². The summed E-state index contributed by atoms with van der Waals surface area (Å²) in [6.45, 7) is 5.94. The van der Waals surface area contributed by atoms with Gasteiger partial charge < -0.3 is 10.2 Å². The fraction of sp³-hybridized carbons (Fsp3) is 0.647. The number of piperidine rings is 2. The first-order valence-corrected chi connectivity index (χ1v) is 8.56. The van der Waals surface area contributed by atoms with Crippen molar-refractivity contribution in [2.75, 3.05) is 26.7 Å². The fourth-order valence-electron chi connectivity index (χ4n) is 4.18. The van der Waals surface area contributed by atoms with E-state index in [1.54, 1.807) is 0 Å². The second kappa shape index (κ2) is 5.78. The number of hydrogen-bond acceptors (Lipinski definition) is 2. The van der Waals surface area contributed by atoms with Gasteiger partial charge in [0.25, 0.3) is 0 Å². The normalized spacial score (nSPS) is 35.4. The number of nitrogens with zero attached hydrogens (tertiary/aromatic N) is 1. The molecule has 1 aromatic carbocycles. The van der Waals surface area contributed by atoms with Crippen LogP contribution in [0.3, 0.4) is 0 Å². The van der Waals surface area contributed by atoms with E-state index in [4.69, 9.17) is 0 Å². The molecule has 20 heavy (non-hydrogen) atoms. The monoisotopic (exact) mass is 336 g/mol. The molecule has 2 aliphatic heterocycles. The zero-order valence-corrected chi connectivity index (χ0v) is 14.1. The van der Waals surface area contributed by atoms with E-state index in [0.717, 1.165) is 6.54 Å². The minimum Gasteiger partial charge on any atom is -0.316 e. The van der Waals surface area contributed by atoms with Gasteiger partial charge in [-0.25, -0.2) is 0 Å². The Morgan fingerprint density at radius 1 is 1.35 bits per heavy atom. The van der Waals surface area contributed by atoms with Crippen LogP contribution in [0.15, 0.2) is 28.7 Å². The van der Waals surface area contributed by atoms with Crippen LogP contribution in [-0.4, -0.2) is 37.6 Å². The van der Waals surface area contributed by atoms with Crippen molar-refractivity contribution in [1.82, 2.24) is 10.2 Å². The van der Waals surface area contributed by atoms with Gasteiger partial charge in [-0.2, -0.15) is 0 Å². The molecule has 2 heterocycles. The third-order valence-electron chi connectivity index (χ3n) is 5.56. The van der Waals surface area contributed by atoms with Gasteiger partial charge in [-0.1, -0.05) is 28.1 Å². The van der Waals surface area contributed by atoms with Gasteiger partial charge in [0.05, 0.1) is 0 Å². The molecular weight excluding hydrogens is 312 g/mol. The van der Waals surface area contributed by atoms with Gasteiger partial charge in [0, 0.05) is 23.0 Å². The molecule has 0 aromatic heterocycles. The van der Waals surface area contributed by atoms with Gasteiger partial charge in [0.1, 0.15) is 0 Å². The molecule has 2 nitrogen and oxygen atoms in total. The standard InChI is InChI=1S/C17H25BrN2/c1-13-11-17(7-9-20(13)2)6-8-19-12-16(17)14-4-3-5-15(18)10-14/h3-5,10,13,16,19H,6-9,11-12H2,1-2H3. The molecule has 2 saturated heterocycles. The highest BCUT2D eigenvalue weighted by molar-refractivity contribution is 9.10. The van der Waals surface area contributed by atoms with Gasteiger partial charge in [0.2, 0.25) is 0 Å². The lowest BCUT2D eigenvalue weighted by Crippen LogP contribution is -2.52. The van der Waals surface area contributed by atoms with E-state index in [1.807, 2.05) is 0 Å². The van der Waals surface area contributed by atoms with E-state index < -0.39 is 0 Å². The molecule has 0 amide bonds. The third-order valence-corrected chi connectivity index (χ3v) is 6.05. The highest BCUT2D eigenvalue weighted by atomic mass is 79.9. The third kappa shape index (κ3) is 2.68. The highest BCUT2D eigenvalue weighted by Gasteiger charge is 2.44. The van der Waals surface area contributed by atoms with E-state index in [0.29, 0.717) is 17.4 Å². The van der Waals surface area contributed by atoms with E-state index in [1.165, 1.54) is 42.4 Å². The lowest BCUT2D eigenvalue weighted by molar-refractivity contribution is 0.0321. The van der Waals surface area contributed by atoms with Crippen LogP contribution < -0.4 is 5.32 Å².